The summed E-state index contributed by atoms with van der Waals surface area (Å²) in [5.74, 6) is 0.268. The number of carbonyl (C=O) groups is 2. The maximum atomic E-state index is 11.5. The quantitative estimate of drug-likeness (QED) is 0.606. The summed E-state index contributed by atoms with van der Waals surface area (Å²) in [6, 6.07) is 0.171. The first-order valence-electron chi connectivity index (χ1n) is 5.86. The molecule has 1 saturated carbocycles. The number of rotatable bonds is 5. The lowest BCUT2D eigenvalue weighted by atomic mass is 10.00. The smallest absolute Gasteiger partial charge is 0.221 e. The van der Waals surface area contributed by atoms with E-state index in [4.69, 9.17) is 5.73 Å². The highest BCUT2D eigenvalue weighted by atomic mass is 16.2. The van der Waals surface area contributed by atoms with Crippen molar-refractivity contribution >= 4 is 11.8 Å². The molecular weight excluding hydrogens is 206 g/mol. The summed E-state index contributed by atoms with van der Waals surface area (Å²) in [5.41, 5.74) is 5.88. The lowest BCUT2D eigenvalue weighted by molar-refractivity contribution is -0.122. The van der Waals surface area contributed by atoms with Gasteiger partial charge in [0.1, 0.15) is 0 Å². The Balaban J connectivity index is 2.13. The minimum Gasteiger partial charge on any atom is -0.359 e. The highest BCUT2D eigenvalue weighted by Gasteiger charge is 2.25. The highest BCUT2D eigenvalue weighted by molar-refractivity contribution is 5.78. The molecule has 92 valence electrons. The molecule has 1 aliphatic rings. The number of hydrogen-bond donors (Lipinski definition) is 3. The van der Waals surface area contributed by atoms with E-state index in [0.29, 0.717) is 25.3 Å². The summed E-state index contributed by atoms with van der Waals surface area (Å²) in [5, 5.41) is 5.25. The van der Waals surface area contributed by atoms with Crippen molar-refractivity contribution in [1.82, 2.24) is 10.6 Å². The molecule has 0 aromatic rings. The first-order chi connectivity index (χ1) is 7.63. The summed E-state index contributed by atoms with van der Waals surface area (Å²) in [6.45, 7) is 0.403. The molecule has 5 nitrogen and oxygen atoms in total. The number of hydrogen-bond acceptors (Lipinski definition) is 3. The zero-order chi connectivity index (χ0) is 12.0. The molecule has 0 spiro atoms. The van der Waals surface area contributed by atoms with Crippen molar-refractivity contribution < 1.29 is 9.59 Å². The lowest BCUT2D eigenvalue weighted by Gasteiger charge is -2.14. The number of carbonyl (C=O) groups excluding carboxylic acids is 2. The molecule has 0 radical (unpaired) electrons. The fourth-order valence-corrected chi connectivity index (χ4v) is 2.07. The van der Waals surface area contributed by atoms with Crippen LogP contribution in [0.1, 0.15) is 32.1 Å². The first-order valence-corrected chi connectivity index (χ1v) is 5.86. The second-order valence-corrected chi connectivity index (χ2v) is 4.33. The molecular formula is C11H21N3O2. The minimum absolute atomic E-state index is 0.00579. The van der Waals surface area contributed by atoms with Crippen molar-refractivity contribution in [3.8, 4) is 0 Å². The van der Waals surface area contributed by atoms with Gasteiger partial charge in [0.2, 0.25) is 11.8 Å². The van der Waals surface area contributed by atoms with Gasteiger partial charge in [-0.3, -0.25) is 9.59 Å². The summed E-state index contributed by atoms with van der Waals surface area (Å²) in [4.78, 5) is 22.4. The summed E-state index contributed by atoms with van der Waals surface area (Å²) in [7, 11) is 1.59. The predicted molar refractivity (Wildman–Crippen MR) is 61.6 cm³/mol. The Hall–Kier alpha value is -1.10. The molecule has 2 atom stereocenters. The van der Waals surface area contributed by atoms with Gasteiger partial charge in [-0.2, -0.15) is 0 Å². The largest absolute Gasteiger partial charge is 0.359 e. The average molecular weight is 227 g/mol. The zero-order valence-corrected chi connectivity index (χ0v) is 9.79. The number of amides is 2. The standard InChI is InChI=1S/C11H21N3O2/c1-13-10(15)5-6-14-11(16)7-8-3-2-4-9(8)12/h8-9H,2-7,12H2,1H3,(H,13,15)(H,14,16)/t8-,9+/m0/s1. The maximum absolute atomic E-state index is 11.5. The summed E-state index contributed by atoms with van der Waals surface area (Å²) < 4.78 is 0. The first kappa shape index (κ1) is 13.0. The molecule has 4 N–H and O–H groups in total. The van der Waals surface area contributed by atoms with Crippen LogP contribution in [-0.4, -0.2) is 31.4 Å². The van der Waals surface area contributed by atoms with Gasteiger partial charge in [-0.15, -0.1) is 0 Å². The molecule has 1 fully saturated rings. The lowest BCUT2D eigenvalue weighted by Crippen LogP contribution is -2.33. The van der Waals surface area contributed by atoms with E-state index >= 15 is 0 Å². The Morgan fingerprint density at radius 3 is 2.62 bits per heavy atom. The van der Waals surface area contributed by atoms with Crippen molar-refractivity contribution in [3.63, 3.8) is 0 Å². The van der Waals surface area contributed by atoms with Gasteiger partial charge in [-0.05, 0) is 18.8 Å². The van der Waals surface area contributed by atoms with E-state index < -0.39 is 0 Å². The molecule has 16 heavy (non-hydrogen) atoms. The van der Waals surface area contributed by atoms with Crippen molar-refractivity contribution in [2.24, 2.45) is 11.7 Å². The van der Waals surface area contributed by atoms with E-state index in [1.165, 1.54) is 0 Å². The zero-order valence-electron chi connectivity index (χ0n) is 9.79. The Kier molecular flexibility index (Phi) is 5.25. The van der Waals surface area contributed by atoms with Gasteiger partial charge < -0.3 is 16.4 Å². The fourth-order valence-electron chi connectivity index (χ4n) is 2.07. The van der Waals surface area contributed by atoms with E-state index in [9.17, 15) is 9.59 Å². The van der Waals surface area contributed by atoms with Gasteiger partial charge in [0, 0.05) is 32.5 Å². The Morgan fingerprint density at radius 1 is 1.31 bits per heavy atom. The van der Waals surface area contributed by atoms with Crippen LogP contribution in [0.5, 0.6) is 0 Å². The summed E-state index contributed by atoms with van der Waals surface area (Å²) >= 11 is 0. The van der Waals surface area contributed by atoms with Gasteiger partial charge in [0.25, 0.3) is 0 Å². The van der Waals surface area contributed by atoms with Crippen LogP contribution in [0.3, 0.4) is 0 Å². The van der Waals surface area contributed by atoms with Crippen LogP contribution in [0.25, 0.3) is 0 Å². The van der Waals surface area contributed by atoms with Gasteiger partial charge >= 0.3 is 0 Å². The summed E-state index contributed by atoms with van der Waals surface area (Å²) in [6.07, 6.45) is 4.02. The van der Waals surface area contributed by atoms with Gasteiger partial charge in [0.15, 0.2) is 0 Å². The van der Waals surface area contributed by atoms with Crippen molar-refractivity contribution in [3.05, 3.63) is 0 Å². The van der Waals surface area contributed by atoms with E-state index in [0.717, 1.165) is 19.3 Å². The van der Waals surface area contributed by atoms with Crippen LogP contribution < -0.4 is 16.4 Å². The molecule has 0 aromatic heterocycles. The van der Waals surface area contributed by atoms with E-state index in [1.54, 1.807) is 7.05 Å². The molecule has 1 aliphatic carbocycles. The molecule has 5 heteroatoms. The third-order valence-corrected chi connectivity index (χ3v) is 3.12. The van der Waals surface area contributed by atoms with Crippen LogP contribution in [0.2, 0.25) is 0 Å². The predicted octanol–water partition coefficient (Wildman–Crippen LogP) is -0.244. The fraction of sp³-hybridized carbons (Fsp3) is 0.818. The van der Waals surface area contributed by atoms with Crippen LogP contribution in [0.4, 0.5) is 0 Å². The Labute approximate surface area is 96.1 Å². The third-order valence-electron chi connectivity index (χ3n) is 3.12. The molecule has 2 amide bonds. The second-order valence-electron chi connectivity index (χ2n) is 4.33. The van der Waals surface area contributed by atoms with Gasteiger partial charge in [-0.25, -0.2) is 0 Å². The van der Waals surface area contributed by atoms with E-state index in [-0.39, 0.29) is 17.9 Å². The SMILES string of the molecule is CNC(=O)CCNC(=O)C[C@@H]1CCC[C@H]1N. The Bertz CT molecular complexity index is 256. The molecule has 0 aromatic carbocycles. The molecule has 1 rings (SSSR count). The van der Waals surface area contributed by atoms with Crippen LogP contribution >= 0.6 is 0 Å². The van der Waals surface area contributed by atoms with Crippen LogP contribution in [0.15, 0.2) is 0 Å². The normalized spacial score (nSPS) is 24.1. The monoisotopic (exact) mass is 227 g/mol. The van der Waals surface area contributed by atoms with Crippen LogP contribution in [0, 0.1) is 5.92 Å². The average Bonchev–Trinajstić information content (AvgIpc) is 2.64. The number of nitrogens with two attached hydrogens (primary N) is 1. The molecule has 0 bridgehead atoms. The van der Waals surface area contributed by atoms with Crippen molar-refractivity contribution in [1.29, 1.82) is 0 Å². The maximum Gasteiger partial charge on any atom is 0.221 e. The van der Waals surface area contributed by atoms with Crippen molar-refractivity contribution in [2.75, 3.05) is 13.6 Å². The molecule has 0 aliphatic heterocycles. The minimum atomic E-state index is -0.0575. The van der Waals surface area contributed by atoms with Crippen LogP contribution in [-0.2, 0) is 9.59 Å². The van der Waals surface area contributed by atoms with E-state index in [2.05, 4.69) is 10.6 Å². The Morgan fingerprint density at radius 2 is 2.06 bits per heavy atom. The molecule has 0 heterocycles. The van der Waals surface area contributed by atoms with E-state index in [1.807, 2.05) is 0 Å². The molecule has 0 unspecified atom stereocenters. The highest BCUT2D eigenvalue weighted by Crippen LogP contribution is 2.26. The topological polar surface area (TPSA) is 84.2 Å². The van der Waals surface area contributed by atoms with Crippen molar-refractivity contribution in [2.45, 2.75) is 38.1 Å². The number of nitrogens with one attached hydrogen (secondary N) is 2. The third kappa shape index (κ3) is 4.18. The van der Waals surface area contributed by atoms with Gasteiger partial charge in [0.05, 0.1) is 0 Å². The molecule has 0 saturated heterocycles. The van der Waals surface area contributed by atoms with Gasteiger partial charge in [-0.1, -0.05) is 6.42 Å². The second kappa shape index (κ2) is 6.48.